The van der Waals surface area contributed by atoms with E-state index in [2.05, 4.69) is 10.0 Å². The summed E-state index contributed by atoms with van der Waals surface area (Å²) in [5, 5.41) is 2.67. The highest BCUT2D eigenvalue weighted by Crippen LogP contribution is 2.24. The van der Waals surface area contributed by atoms with Crippen LogP contribution in [0.2, 0.25) is 5.02 Å². The Labute approximate surface area is 152 Å². The van der Waals surface area contributed by atoms with E-state index >= 15 is 0 Å². The van der Waals surface area contributed by atoms with Crippen molar-refractivity contribution in [3.8, 4) is 0 Å². The van der Waals surface area contributed by atoms with Gasteiger partial charge in [0.15, 0.2) is 6.61 Å². The van der Waals surface area contributed by atoms with E-state index in [0.29, 0.717) is 0 Å². The van der Waals surface area contributed by atoms with E-state index in [1.165, 1.54) is 12.1 Å². The average Bonchev–Trinajstić information content (AvgIpc) is 3.26. The zero-order valence-electron chi connectivity index (χ0n) is 14.3. The molecule has 2 N–H and O–H groups in total. The summed E-state index contributed by atoms with van der Waals surface area (Å²) in [6.45, 7) is 4.65. The van der Waals surface area contributed by atoms with Crippen LogP contribution in [0.1, 0.15) is 44.0 Å². The predicted molar refractivity (Wildman–Crippen MR) is 93.0 cm³/mol. The second-order valence-electron chi connectivity index (χ2n) is 6.92. The second-order valence-corrected chi connectivity index (χ2v) is 8.98. The minimum Gasteiger partial charge on any atom is -0.452 e. The summed E-state index contributed by atoms with van der Waals surface area (Å²) in [7, 11) is -3.91. The third-order valence-corrected chi connectivity index (χ3v) is 5.41. The number of carbonyl (C=O) groups is 2. The molecule has 0 saturated heterocycles. The molecule has 1 saturated carbocycles. The number of esters is 1. The standard InChI is InChI=1S/C16H21ClN2O5S/c1-16(2,3)19-25(22,23)13-8-10(4-7-12(13)17)15(21)24-9-14(20)18-11-5-6-11/h4,7-8,11,19H,5-6,9H2,1-3H3,(H,18,20). The van der Waals surface area contributed by atoms with Crippen LogP contribution in [-0.2, 0) is 19.6 Å². The van der Waals surface area contributed by atoms with Gasteiger partial charge in [-0.05, 0) is 51.8 Å². The first-order valence-electron chi connectivity index (χ1n) is 7.78. The molecule has 138 valence electrons. The third-order valence-electron chi connectivity index (χ3n) is 3.17. The highest BCUT2D eigenvalue weighted by Gasteiger charge is 2.26. The van der Waals surface area contributed by atoms with Gasteiger partial charge in [0.1, 0.15) is 4.90 Å². The molecule has 0 spiro atoms. The molecule has 1 aliphatic rings. The van der Waals surface area contributed by atoms with Crippen molar-refractivity contribution in [2.75, 3.05) is 6.61 Å². The fourth-order valence-electron chi connectivity index (χ4n) is 2.01. The normalized spacial score (nSPS) is 14.9. The minimum atomic E-state index is -3.91. The maximum absolute atomic E-state index is 12.4. The van der Waals surface area contributed by atoms with Gasteiger partial charge in [0, 0.05) is 11.6 Å². The van der Waals surface area contributed by atoms with Crippen molar-refractivity contribution in [1.29, 1.82) is 0 Å². The van der Waals surface area contributed by atoms with E-state index in [1.807, 2.05) is 0 Å². The second kappa shape index (κ2) is 7.31. The van der Waals surface area contributed by atoms with Crippen molar-refractivity contribution in [2.45, 2.75) is 50.1 Å². The maximum atomic E-state index is 12.4. The molecule has 1 aromatic rings. The molecule has 0 heterocycles. The van der Waals surface area contributed by atoms with Gasteiger partial charge < -0.3 is 10.1 Å². The first-order valence-corrected chi connectivity index (χ1v) is 9.64. The topological polar surface area (TPSA) is 102 Å². The van der Waals surface area contributed by atoms with Crippen molar-refractivity contribution in [1.82, 2.24) is 10.0 Å². The van der Waals surface area contributed by atoms with Crippen LogP contribution >= 0.6 is 11.6 Å². The lowest BCUT2D eigenvalue weighted by molar-refractivity contribution is -0.124. The Bertz CT molecular complexity index is 782. The molecule has 0 aliphatic heterocycles. The Morgan fingerprint density at radius 2 is 1.92 bits per heavy atom. The van der Waals surface area contributed by atoms with E-state index in [-0.39, 0.29) is 27.4 Å². The fraction of sp³-hybridized carbons (Fsp3) is 0.500. The molecule has 25 heavy (non-hydrogen) atoms. The van der Waals surface area contributed by atoms with Crippen LogP contribution in [0.4, 0.5) is 0 Å². The van der Waals surface area contributed by atoms with Crippen molar-refractivity contribution < 1.29 is 22.7 Å². The molecule has 0 atom stereocenters. The van der Waals surface area contributed by atoms with Crippen LogP contribution in [0.3, 0.4) is 0 Å². The lowest BCUT2D eigenvalue weighted by atomic mass is 10.1. The van der Waals surface area contributed by atoms with Crippen molar-refractivity contribution in [2.24, 2.45) is 0 Å². The molecule has 1 aromatic carbocycles. The Balaban J connectivity index is 2.11. The number of halogens is 1. The first-order chi connectivity index (χ1) is 11.5. The molecule has 1 fully saturated rings. The monoisotopic (exact) mass is 388 g/mol. The molecule has 0 radical (unpaired) electrons. The average molecular weight is 389 g/mol. The molecule has 0 aromatic heterocycles. The van der Waals surface area contributed by atoms with Gasteiger partial charge in [-0.3, -0.25) is 4.79 Å². The summed E-state index contributed by atoms with van der Waals surface area (Å²) in [5.74, 6) is -1.18. The Morgan fingerprint density at radius 1 is 1.28 bits per heavy atom. The fourth-order valence-corrected chi connectivity index (χ4v) is 3.95. The summed E-state index contributed by atoms with van der Waals surface area (Å²) in [4.78, 5) is 23.4. The van der Waals surface area contributed by atoms with E-state index in [0.717, 1.165) is 18.9 Å². The van der Waals surface area contributed by atoms with Crippen LogP contribution in [0.5, 0.6) is 0 Å². The quantitative estimate of drug-likeness (QED) is 0.724. The number of ether oxygens (including phenoxy) is 1. The molecule has 2 rings (SSSR count). The van der Waals surface area contributed by atoms with Gasteiger partial charge in [0.2, 0.25) is 10.0 Å². The number of rotatable bonds is 6. The number of hydrogen-bond acceptors (Lipinski definition) is 5. The summed E-state index contributed by atoms with van der Waals surface area (Å²) >= 11 is 5.97. The summed E-state index contributed by atoms with van der Waals surface area (Å²) in [6.07, 6.45) is 1.86. The van der Waals surface area contributed by atoms with Crippen LogP contribution in [0.15, 0.2) is 23.1 Å². The molecule has 1 aliphatic carbocycles. The summed E-state index contributed by atoms with van der Waals surface area (Å²) in [6, 6.07) is 3.96. The zero-order valence-corrected chi connectivity index (χ0v) is 15.8. The lowest BCUT2D eigenvalue weighted by Gasteiger charge is -2.21. The minimum absolute atomic E-state index is 0.00194. The number of nitrogens with one attached hydrogen (secondary N) is 2. The highest BCUT2D eigenvalue weighted by molar-refractivity contribution is 7.89. The van der Waals surface area contributed by atoms with Gasteiger partial charge in [-0.1, -0.05) is 11.6 Å². The van der Waals surface area contributed by atoms with Gasteiger partial charge in [0.05, 0.1) is 10.6 Å². The van der Waals surface area contributed by atoms with Gasteiger partial charge in [-0.15, -0.1) is 0 Å². The number of amides is 1. The largest absolute Gasteiger partial charge is 0.452 e. The van der Waals surface area contributed by atoms with E-state index in [9.17, 15) is 18.0 Å². The predicted octanol–water partition coefficient (Wildman–Crippen LogP) is 1.85. The third kappa shape index (κ3) is 5.98. The summed E-state index contributed by atoms with van der Waals surface area (Å²) < 4.78 is 32.2. The Kier molecular flexibility index (Phi) is 5.75. The van der Waals surface area contributed by atoms with Crippen molar-refractivity contribution >= 4 is 33.5 Å². The van der Waals surface area contributed by atoms with Crippen molar-refractivity contribution in [3.05, 3.63) is 28.8 Å². The first kappa shape index (κ1) is 19.7. The van der Waals surface area contributed by atoms with E-state index in [4.69, 9.17) is 16.3 Å². The molecule has 0 bridgehead atoms. The van der Waals surface area contributed by atoms with Gasteiger partial charge in [-0.25, -0.2) is 17.9 Å². The van der Waals surface area contributed by atoms with Crippen LogP contribution in [-0.4, -0.2) is 38.5 Å². The number of hydrogen-bond donors (Lipinski definition) is 2. The van der Waals surface area contributed by atoms with Gasteiger partial charge >= 0.3 is 5.97 Å². The van der Waals surface area contributed by atoms with Crippen LogP contribution in [0.25, 0.3) is 0 Å². The van der Waals surface area contributed by atoms with Gasteiger partial charge in [-0.2, -0.15) is 0 Å². The van der Waals surface area contributed by atoms with E-state index in [1.54, 1.807) is 20.8 Å². The lowest BCUT2D eigenvalue weighted by Crippen LogP contribution is -2.40. The van der Waals surface area contributed by atoms with Crippen LogP contribution in [0, 0.1) is 0 Å². The van der Waals surface area contributed by atoms with E-state index < -0.39 is 28.1 Å². The Hall–Kier alpha value is -1.64. The Morgan fingerprint density at radius 3 is 2.48 bits per heavy atom. The highest BCUT2D eigenvalue weighted by atomic mass is 35.5. The SMILES string of the molecule is CC(C)(C)NS(=O)(=O)c1cc(C(=O)OCC(=O)NC2CC2)ccc1Cl. The number of benzene rings is 1. The van der Waals surface area contributed by atoms with Crippen LogP contribution < -0.4 is 10.0 Å². The smallest absolute Gasteiger partial charge is 0.338 e. The molecule has 9 heteroatoms. The molecule has 7 nitrogen and oxygen atoms in total. The number of sulfonamides is 1. The molecule has 1 amide bonds. The molecular weight excluding hydrogens is 368 g/mol. The van der Waals surface area contributed by atoms with Gasteiger partial charge in [0.25, 0.3) is 5.91 Å². The van der Waals surface area contributed by atoms with Crippen molar-refractivity contribution in [3.63, 3.8) is 0 Å². The number of carbonyl (C=O) groups excluding carboxylic acids is 2. The molecule has 0 unspecified atom stereocenters. The summed E-state index contributed by atoms with van der Waals surface area (Å²) in [5.41, 5.74) is -0.711. The molecular formula is C16H21ClN2O5S. The maximum Gasteiger partial charge on any atom is 0.338 e. The zero-order chi connectivity index (χ0) is 18.8.